The van der Waals surface area contributed by atoms with Gasteiger partial charge in [-0.15, -0.1) is 0 Å². The lowest BCUT2D eigenvalue weighted by Crippen LogP contribution is -2.54. The number of rotatable bonds is 3. The number of carbonyl (C=O) groups excluding carboxylic acids is 3. The molecule has 4 amide bonds. The fourth-order valence-corrected chi connectivity index (χ4v) is 5.74. The Morgan fingerprint density at radius 1 is 1.06 bits per heavy atom. The van der Waals surface area contributed by atoms with Crippen molar-refractivity contribution in [2.75, 3.05) is 9.80 Å². The maximum atomic E-state index is 13.2. The third-order valence-electron chi connectivity index (χ3n) is 6.38. The van der Waals surface area contributed by atoms with Crippen molar-refractivity contribution in [2.24, 2.45) is 0 Å². The third kappa shape index (κ3) is 4.21. The van der Waals surface area contributed by atoms with Gasteiger partial charge in [0.1, 0.15) is 5.57 Å². The monoisotopic (exact) mass is 499 g/mol. The van der Waals surface area contributed by atoms with Gasteiger partial charge in [0, 0.05) is 22.3 Å². The van der Waals surface area contributed by atoms with E-state index in [1.54, 1.807) is 0 Å². The average molecular weight is 500 g/mol. The second kappa shape index (κ2) is 8.75. The quantitative estimate of drug-likeness (QED) is 0.405. The third-order valence-corrected chi connectivity index (χ3v) is 6.92. The van der Waals surface area contributed by atoms with Crippen molar-refractivity contribution in [3.05, 3.63) is 63.1 Å². The molecule has 0 unspecified atom stereocenters. The number of hydrogen-bond acceptors (Lipinski definition) is 4. The van der Waals surface area contributed by atoms with Gasteiger partial charge in [-0.05, 0) is 87.6 Å². The Hall–Kier alpha value is -2.83. The molecule has 0 saturated carbocycles. The van der Waals surface area contributed by atoms with Crippen LogP contribution in [0.15, 0.2) is 42.0 Å². The number of anilines is 2. The fraction of sp³-hybridized carbons (Fsp3) is 0.346. The number of hydrogen-bond donors (Lipinski definition) is 1. The van der Waals surface area contributed by atoms with Crippen LogP contribution in [0, 0.1) is 0 Å². The summed E-state index contributed by atoms with van der Waals surface area (Å²) in [5.74, 6) is -1.18. The highest BCUT2D eigenvalue weighted by Crippen LogP contribution is 2.45. The van der Waals surface area contributed by atoms with Crippen LogP contribution in [0.3, 0.4) is 0 Å². The maximum absolute atomic E-state index is 13.2. The molecule has 2 aliphatic rings. The van der Waals surface area contributed by atoms with Crippen LogP contribution in [-0.4, -0.2) is 29.4 Å². The zero-order chi connectivity index (χ0) is 24.9. The molecule has 0 spiro atoms. The number of urea groups is 1. The van der Waals surface area contributed by atoms with Crippen molar-refractivity contribution in [2.45, 2.75) is 58.5 Å². The van der Waals surface area contributed by atoms with Crippen LogP contribution in [0.1, 0.15) is 58.1 Å². The molecule has 2 aliphatic heterocycles. The number of benzene rings is 2. The summed E-state index contributed by atoms with van der Waals surface area (Å²) in [6.07, 6.45) is 2.50. The Kier molecular flexibility index (Phi) is 6.25. The number of fused-ring (bicyclic) bond motifs is 1. The number of halogens is 2. The topological polar surface area (TPSA) is 69.7 Å². The summed E-state index contributed by atoms with van der Waals surface area (Å²) in [5, 5.41) is 2.73. The van der Waals surface area contributed by atoms with Crippen molar-refractivity contribution in [1.82, 2.24) is 5.32 Å². The van der Waals surface area contributed by atoms with Crippen molar-refractivity contribution >= 4 is 58.5 Å². The maximum Gasteiger partial charge on any atom is 0.335 e. The van der Waals surface area contributed by atoms with Crippen molar-refractivity contribution in [3.8, 4) is 0 Å². The molecule has 0 bridgehead atoms. The van der Waals surface area contributed by atoms with Gasteiger partial charge in [0.05, 0.1) is 10.7 Å². The highest BCUT2D eigenvalue weighted by Gasteiger charge is 2.39. The van der Waals surface area contributed by atoms with Crippen LogP contribution in [-0.2, 0) is 9.59 Å². The minimum absolute atomic E-state index is 0.0124. The van der Waals surface area contributed by atoms with Gasteiger partial charge in [0.15, 0.2) is 0 Å². The van der Waals surface area contributed by atoms with Gasteiger partial charge >= 0.3 is 6.03 Å². The summed E-state index contributed by atoms with van der Waals surface area (Å²) in [5.41, 5.74) is 3.06. The molecule has 2 aromatic carbocycles. The van der Waals surface area contributed by atoms with Crippen LogP contribution < -0.4 is 15.1 Å². The van der Waals surface area contributed by atoms with Crippen molar-refractivity contribution in [1.29, 1.82) is 0 Å². The Labute approximate surface area is 209 Å². The van der Waals surface area contributed by atoms with E-state index in [4.69, 9.17) is 23.2 Å². The lowest BCUT2D eigenvalue weighted by molar-refractivity contribution is -0.122. The van der Waals surface area contributed by atoms with Crippen LogP contribution in [0.2, 0.25) is 10.0 Å². The van der Waals surface area contributed by atoms with Crippen LogP contribution in [0.25, 0.3) is 6.08 Å². The second-order valence-corrected chi connectivity index (χ2v) is 10.6. The summed E-state index contributed by atoms with van der Waals surface area (Å²) >= 11 is 12.2. The molecule has 34 heavy (non-hydrogen) atoms. The zero-order valence-electron chi connectivity index (χ0n) is 19.8. The SMILES string of the molecule is CC(C)N1c2ccc(/C=C3\C(=O)NC(=O)N(c4ccc(Cl)cc4Cl)C3=O)cc2[C@H](C)CC1(C)C. The van der Waals surface area contributed by atoms with E-state index in [0.29, 0.717) is 22.5 Å². The molecule has 178 valence electrons. The van der Waals surface area contributed by atoms with E-state index in [9.17, 15) is 14.4 Å². The van der Waals surface area contributed by atoms with Gasteiger partial charge < -0.3 is 4.90 Å². The first-order valence-electron chi connectivity index (χ1n) is 11.2. The van der Waals surface area contributed by atoms with E-state index in [-0.39, 0.29) is 21.8 Å². The van der Waals surface area contributed by atoms with Gasteiger partial charge in [-0.25, -0.2) is 9.69 Å². The average Bonchev–Trinajstić information content (AvgIpc) is 2.72. The van der Waals surface area contributed by atoms with Crippen LogP contribution in [0.5, 0.6) is 0 Å². The summed E-state index contributed by atoms with van der Waals surface area (Å²) in [6, 6.07) is 9.86. The van der Waals surface area contributed by atoms with E-state index in [1.165, 1.54) is 29.8 Å². The number of imide groups is 2. The minimum Gasteiger partial charge on any atom is -0.364 e. The molecule has 1 atom stereocenters. The predicted octanol–water partition coefficient (Wildman–Crippen LogP) is 6.16. The highest BCUT2D eigenvalue weighted by atomic mass is 35.5. The van der Waals surface area contributed by atoms with Crippen LogP contribution >= 0.6 is 23.2 Å². The smallest absolute Gasteiger partial charge is 0.335 e. The van der Waals surface area contributed by atoms with Crippen molar-refractivity contribution in [3.63, 3.8) is 0 Å². The van der Waals surface area contributed by atoms with E-state index >= 15 is 0 Å². The molecular weight excluding hydrogens is 473 g/mol. The molecule has 0 aliphatic carbocycles. The first-order chi connectivity index (χ1) is 15.9. The molecule has 4 rings (SSSR count). The number of carbonyl (C=O) groups is 3. The van der Waals surface area contributed by atoms with E-state index < -0.39 is 17.8 Å². The number of amides is 4. The normalized spacial score (nSPS) is 21.2. The van der Waals surface area contributed by atoms with Gasteiger partial charge in [-0.1, -0.05) is 36.2 Å². The molecule has 2 heterocycles. The number of nitrogens with one attached hydrogen (secondary N) is 1. The molecule has 2 aromatic rings. The van der Waals surface area contributed by atoms with Gasteiger partial charge in [-0.2, -0.15) is 0 Å². The van der Waals surface area contributed by atoms with E-state index in [1.807, 2.05) is 18.2 Å². The Bertz CT molecular complexity index is 1240. The molecule has 0 radical (unpaired) electrons. The Balaban J connectivity index is 1.75. The van der Waals surface area contributed by atoms with Crippen molar-refractivity contribution < 1.29 is 14.4 Å². The predicted molar refractivity (Wildman–Crippen MR) is 137 cm³/mol. The van der Waals surface area contributed by atoms with Crippen LogP contribution in [0.4, 0.5) is 16.2 Å². The molecule has 8 heteroatoms. The van der Waals surface area contributed by atoms with E-state index in [0.717, 1.165) is 17.0 Å². The van der Waals surface area contributed by atoms with Gasteiger partial charge in [0.25, 0.3) is 11.8 Å². The summed E-state index contributed by atoms with van der Waals surface area (Å²) in [6.45, 7) is 11.0. The molecule has 1 fully saturated rings. The molecule has 0 aromatic heterocycles. The molecule has 1 N–H and O–H groups in total. The fourth-order valence-electron chi connectivity index (χ4n) is 5.24. The van der Waals surface area contributed by atoms with Gasteiger partial charge in [0.2, 0.25) is 0 Å². The molecular formula is C26H27Cl2N3O3. The van der Waals surface area contributed by atoms with Gasteiger partial charge in [-0.3, -0.25) is 14.9 Å². The summed E-state index contributed by atoms with van der Waals surface area (Å²) < 4.78 is 0. The lowest BCUT2D eigenvalue weighted by Gasteiger charge is -2.50. The zero-order valence-corrected chi connectivity index (χ0v) is 21.3. The first kappa shape index (κ1) is 24.3. The molecule has 6 nitrogen and oxygen atoms in total. The number of barbiturate groups is 1. The minimum atomic E-state index is -0.856. The Morgan fingerprint density at radius 2 is 1.74 bits per heavy atom. The first-order valence-corrected chi connectivity index (χ1v) is 12.0. The molecule has 1 saturated heterocycles. The number of nitrogens with zero attached hydrogens (tertiary/aromatic N) is 2. The Morgan fingerprint density at radius 3 is 2.38 bits per heavy atom. The summed E-state index contributed by atoms with van der Waals surface area (Å²) in [7, 11) is 0. The standard InChI is InChI=1S/C26H27Cl2N3O3/c1-14(2)31-21-8-6-16(10-18(21)15(3)13-26(31,4)5)11-19-23(32)29-25(34)30(24(19)33)22-9-7-17(27)12-20(22)28/h6-12,14-15H,13H2,1-5H3,(H,29,32,34)/b19-11+/t15-/m1/s1. The summed E-state index contributed by atoms with van der Waals surface area (Å²) in [4.78, 5) is 41.6. The highest BCUT2D eigenvalue weighted by molar-refractivity contribution is 6.42. The second-order valence-electron chi connectivity index (χ2n) is 9.75. The van der Waals surface area contributed by atoms with E-state index in [2.05, 4.69) is 44.8 Å². The lowest BCUT2D eigenvalue weighted by atomic mass is 9.78. The largest absolute Gasteiger partial charge is 0.364 e.